The number of nitrogens with zero attached hydrogens (tertiary/aromatic N) is 4. The number of carbonyl (C=O) groups is 3. The first kappa shape index (κ1) is 17.9. The van der Waals surface area contributed by atoms with E-state index < -0.39 is 23.8 Å². The first-order valence-electron chi connectivity index (χ1n) is 7.95. The molecule has 0 fully saturated rings. The minimum atomic E-state index is -1.14. The van der Waals surface area contributed by atoms with E-state index in [4.69, 9.17) is 5.11 Å². The van der Waals surface area contributed by atoms with Crippen LogP contribution in [0.25, 0.3) is 0 Å². The Bertz CT molecular complexity index is 955. The van der Waals surface area contributed by atoms with Crippen LogP contribution in [0.2, 0.25) is 0 Å². The molecule has 1 aliphatic rings. The zero-order valence-corrected chi connectivity index (χ0v) is 14.2. The molecule has 2 aromatic carbocycles. The van der Waals surface area contributed by atoms with Crippen LogP contribution in [0.5, 0.6) is 0 Å². The van der Waals surface area contributed by atoms with Gasteiger partial charge in [0.15, 0.2) is 5.84 Å². The van der Waals surface area contributed by atoms with Gasteiger partial charge in [-0.05, 0) is 30.3 Å². The standard InChI is InChI=1S/C18H15N5O4/c1-11(24)19-16-15(17(25)23(22-16)14-8-3-2-4-9-14)21-20-13-7-5-6-12(10-13)18(26)27/h2-10,15H,1H3,(H,26,27)(H,19,22,24)/t15-/m1/s1. The highest BCUT2D eigenvalue weighted by Crippen LogP contribution is 2.23. The number of rotatable bonds is 4. The topological polar surface area (TPSA) is 124 Å². The van der Waals surface area contributed by atoms with E-state index in [2.05, 4.69) is 20.6 Å². The maximum Gasteiger partial charge on any atom is 0.335 e. The predicted molar refractivity (Wildman–Crippen MR) is 96.9 cm³/mol. The van der Waals surface area contributed by atoms with Crippen molar-refractivity contribution in [2.24, 2.45) is 15.3 Å². The third-order valence-electron chi connectivity index (χ3n) is 3.60. The number of benzene rings is 2. The molecule has 3 rings (SSSR count). The van der Waals surface area contributed by atoms with Crippen molar-refractivity contribution in [3.05, 3.63) is 60.2 Å². The van der Waals surface area contributed by atoms with Crippen LogP contribution in [0, 0.1) is 0 Å². The van der Waals surface area contributed by atoms with Gasteiger partial charge in [0.05, 0.1) is 16.9 Å². The van der Waals surface area contributed by atoms with Crippen molar-refractivity contribution in [2.75, 3.05) is 5.01 Å². The highest BCUT2D eigenvalue weighted by molar-refractivity contribution is 6.21. The highest BCUT2D eigenvalue weighted by Gasteiger charge is 2.37. The number of hydrogen-bond donors (Lipinski definition) is 2. The molecular formula is C18H15N5O4. The molecule has 0 aromatic heterocycles. The molecule has 9 heteroatoms. The van der Waals surface area contributed by atoms with Crippen LogP contribution in [0.4, 0.5) is 11.4 Å². The van der Waals surface area contributed by atoms with Gasteiger partial charge in [-0.2, -0.15) is 15.2 Å². The minimum absolute atomic E-state index is 0.0471. The number of carboxylic acids is 1. The summed E-state index contributed by atoms with van der Waals surface area (Å²) >= 11 is 0. The normalized spacial score (nSPS) is 16.5. The maximum absolute atomic E-state index is 12.7. The number of amides is 2. The molecule has 2 amide bonds. The molecule has 0 spiro atoms. The number of amidine groups is 1. The van der Waals surface area contributed by atoms with Crippen LogP contribution in [0.15, 0.2) is 69.9 Å². The summed E-state index contributed by atoms with van der Waals surface area (Å²) in [5.41, 5.74) is 0.838. The second kappa shape index (κ2) is 7.56. The number of para-hydroxylation sites is 1. The third-order valence-corrected chi connectivity index (χ3v) is 3.60. The van der Waals surface area contributed by atoms with Gasteiger partial charge >= 0.3 is 5.97 Å². The van der Waals surface area contributed by atoms with Gasteiger partial charge in [0, 0.05) is 6.92 Å². The predicted octanol–water partition coefficient (Wildman–Crippen LogP) is 2.33. The molecule has 1 heterocycles. The van der Waals surface area contributed by atoms with Crippen molar-refractivity contribution in [3.8, 4) is 0 Å². The second-order valence-electron chi connectivity index (χ2n) is 5.63. The van der Waals surface area contributed by atoms with Crippen molar-refractivity contribution in [1.29, 1.82) is 0 Å². The lowest BCUT2D eigenvalue weighted by atomic mass is 10.2. The van der Waals surface area contributed by atoms with Crippen LogP contribution >= 0.6 is 0 Å². The smallest absolute Gasteiger partial charge is 0.335 e. The van der Waals surface area contributed by atoms with E-state index in [0.717, 1.165) is 5.01 Å². The summed E-state index contributed by atoms with van der Waals surface area (Å²) in [6.45, 7) is 1.29. The van der Waals surface area contributed by atoms with Gasteiger partial charge in [0.25, 0.3) is 5.91 Å². The van der Waals surface area contributed by atoms with Gasteiger partial charge in [-0.25, -0.2) is 4.79 Å². The van der Waals surface area contributed by atoms with Crippen molar-refractivity contribution < 1.29 is 19.5 Å². The molecule has 0 unspecified atom stereocenters. The quantitative estimate of drug-likeness (QED) is 0.807. The zero-order valence-electron chi connectivity index (χ0n) is 14.2. The summed E-state index contributed by atoms with van der Waals surface area (Å²) in [5, 5.41) is 24.7. The zero-order chi connectivity index (χ0) is 19.4. The third kappa shape index (κ3) is 4.03. The van der Waals surface area contributed by atoms with Gasteiger partial charge in [0.1, 0.15) is 0 Å². The summed E-state index contributed by atoms with van der Waals surface area (Å²) in [6.07, 6.45) is 0. The van der Waals surface area contributed by atoms with E-state index >= 15 is 0 Å². The number of aromatic carboxylic acids is 1. The number of hydrazone groups is 1. The average molecular weight is 365 g/mol. The number of carboxylic acid groups (broad SMARTS) is 1. The Kier molecular flexibility index (Phi) is 5.02. The lowest BCUT2D eigenvalue weighted by molar-refractivity contribution is -0.117. The fraction of sp³-hybridized carbons (Fsp3) is 0.111. The summed E-state index contributed by atoms with van der Waals surface area (Å²) < 4.78 is 0. The lowest BCUT2D eigenvalue weighted by Gasteiger charge is -2.11. The van der Waals surface area contributed by atoms with Crippen LogP contribution in [0.3, 0.4) is 0 Å². The Hall–Kier alpha value is -3.88. The van der Waals surface area contributed by atoms with E-state index in [1.165, 1.54) is 25.1 Å². The van der Waals surface area contributed by atoms with E-state index in [-0.39, 0.29) is 17.1 Å². The molecule has 27 heavy (non-hydrogen) atoms. The molecule has 0 bridgehead atoms. The van der Waals surface area contributed by atoms with E-state index in [1.54, 1.807) is 36.4 Å². The number of nitrogens with one attached hydrogen (secondary N) is 1. The molecule has 1 aliphatic heterocycles. The van der Waals surface area contributed by atoms with E-state index in [0.29, 0.717) is 5.69 Å². The lowest BCUT2D eigenvalue weighted by Crippen LogP contribution is -2.38. The van der Waals surface area contributed by atoms with E-state index in [1.807, 2.05) is 0 Å². The first-order valence-corrected chi connectivity index (χ1v) is 7.95. The number of anilines is 1. The molecule has 0 saturated heterocycles. The molecule has 0 radical (unpaired) electrons. The largest absolute Gasteiger partial charge is 0.478 e. The van der Waals surface area contributed by atoms with Crippen LogP contribution in [-0.2, 0) is 9.59 Å². The molecule has 0 aliphatic carbocycles. The van der Waals surface area contributed by atoms with Crippen LogP contribution in [0.1, 0.15) is 17.3 Å². The molecular weight excluding hydrogens is 350 g/mol. The highest BCUT2D eigenvalue weighted by atomic mass is 16.4. The van der Waals surface area contributed by atoms with Gasteiger partial charge in [0.2, 0.25) is 11.9 Å². The minimum Gasteiger partial charge on any atom is -0.478 e. The summed E-state index contributed by atoms with van der Waals surface area (Å²) in [4.78, 5) is 35.2. The van der Waals surface area contributed by atoms with Gasteiger partial charge in [-0.3, -0.25) is 9.59 Å². The van der Waals surface area contributed by atoms with Gasteiger partial charge in [-0.1, -0.05) is 24.3 Å². The fourth-order valence-electron chi connectivity index (χ4n) is 2.40. The van der Waals surface area contributed by atoms with Crippen molar-refractivity contribution in [3.63, 3.8) is 0 Å². The van der Waals surface area contributed by atoms with Crippen LogP contribution < -0.4 is 10.3 Å². The molecule has 0 saturated carbocycles. The Morgan fingerprint density at radius 1 is 1.15 bits per heavy atom. The Labute approximate surface area is 154 Å². The van der Waals surface area contributed by atoms with Gasteiger partial charge < -0.3 is 10.4 Å². The number of azo groups is 1. The number of hydrogen-bond acceptors (Lipinski definition) is 6. The van der Waals surface area contributed by atoms with Crippen LogP contribution in [-0.4, -0.2) is 34.8 Å². The van der Waals surface area contributed by atoms with Crippen molar-refractivity contribution in [2.45, 2.75) is 13.0 Å². The molecule has 9 nitrogen and oxygen atoms in total. The maximum atomic E-state index is 12.7. The monoisotopic (exact) mass is 365 g/mol. The fourth-order valence-corrected chi connectivity index (χ4v) is 2.40. The molecule has 136 valence electrons. The Morgan fingerprint density at radius 2 is 1.89 bits per heavy atom. The first-order chi connectivity index (χ1) is 13.0. The Morgan fingerprint density at radius 3 is 2.56 bits per heavy atom. The number of carbonyl (C=O) groups excluding carboxylic acids is 2. The van der Waals surface area contributed by atoms with Crippen molar-refractivity contribution >= 4 is 35.0 Å². The second-order valence-corrected chi connectivity index (χ2v) is 5.63. The average Bonchev–Trinajstić information content (AvgIpc) is 2.96. The molecule has 2 N–H and O–H groups in total. The molecule has 1 atom stereocenters. The summed E-state index contributed by atoms with van der Waals surface area (Å²) in [7, 11) is 0. The Balaban J connectivity index is 1.89. The SMILES string of the molecule is CC(=O)NC1=NN(c2ccccc2)C(=O)[C@@H]1N=Nc1cccc(C(=O)O)c1. The summed E-state index contributed by atoms with van der Waals surface area (Å²) in [6, 6.07) is 13.4. The van der Waals surface area contributed by atoms with Gasteiger partial charge in [-0.15, -0.1) is 5.10 Å². The van der Waals surface area contributed by atoms with E-state index in [9.17, 15) is 14.4 Å². The van der Waals surface area contributed by atoms with Crippen molar-refractivity contribution in [1.82, 2.24) is 5.32 Å². The summed E-state index contributed by atoms with van der Waals surface area (Å²) in [5.74, 6) is -1.93. The molecule has 2 aromatic rings.